The Morgan fingerprint density at radius 1 is 1.25 bits per heavy atom. The standard InChI is InChI=1S/C16H17N3S/c1-2-14-11-18-16(20)19(14)10-8-13-6-3-5-12-7-4-9-17-15(12)13/h3-7,9,11H,2,8,10H2,1H3,(H,18,20). The number of aromatic nitrogens is 3. The van der Waals surface area contributed by atoms with Gasteiger partial charge in [0.15, 0.2) is 4.77 Å². The first-order chi connectivity index (χ1) is 9.79. The number of aromatic amines is 1. The number of fused-ring (bicyclic) bond motifs is 1. The van der Waals surface area contributed by atoms with Gasteiger partial charge in [-0.25, -0.2) is 0 Å². The van der Waals surface area contributed by atoms with Gasteiger partial charge in [-0.2, -0.15) is 0 Å². The van der Waals surface area contributed by atoms with Gasteiger partial charge < -0.3 is 9.55 Å². The molecule has 0 amide bonds. The highest BCUT2D eigenvalue weighted by Crippen LogP contribution is 2.17. The first kappa shape index (κ1) is 13.1. The Labute approximate surface area is 123 Å². The van der Waals surface area contributed by atoms with Crippen LogP contribution in [0.1, 0.15) is 18.2 Å². The van der Waals surface area contributed by atoms with Crippen LogP contribution >= 0.6 is 12.2 Å². The molecule has 0 aliphatic carbocycles. The Morgan fingerprint density at radius 3 is 2.95 bits per heavy atom. The number of pyridine rings is 1. The average Bonchev–Trinajstić information content (AvgIpc) is 2.85. The zero-order valence-electron chi connectivity index (χ0n) is 11.5. The minimum Gasteiger partial charge on any atom is -0.337 e. The smallest absolute Gasteiger partial charge is 0.177 e. The van der Waals surface area contributed by atoms with E-state index in [1.165, 1.54) is 16.6 Å². The molecule has 1 N–H and O–H groups in total. The lowest BCUT2D eigenvalue weighted by Gasteiger charge is -2.09. The van der Waals surface area contributed by atoms with Crippen LogP contribution in [0.2, 0.25) is 0 Å². The second-order valence-corrected chi connectivity index (χ2v) is 5.22. The van der Waals surface area contributed by atoms with Crippen molar-refractivity contribution in [2.45, 2.75) is 26.3 Å². The van der Waals surface area contributed by atoms with Gasteiger partial charge in [0.2, 0.25) is 0 Å². The Hall–Kier alpha value is -1.94. The van der Waals surface area contributed by atoms with E-state index in [0.29, 0.717) is 0 Å². The average molecular weight is 283 g/mol. The van der Waals surface area contributed by atoms with E-state index in [1.807, 2.05) is 18.5 Å². The highest BCUT2D eigenvalue weighted by Gasteiger charge is 2.05. The van der Waals surface area contributed by atoms with Crippen LogP contribution in [0.4, 0.5) is 0 Å². The van der Waals surface area contributed by atoms with Gasteiger partial charge in [0.05, 0.1) is 5.52 Å². The van der Waals surface area contributed by atoms with Crippen molar-refractivity contribution < 1.29 is 0 Å². The number of hydrogen-bond donors (Lipinski definition) is 1. The van der Waals surface area contributed by atoms with Crippen molar-refractivity contribution in [2.75, 3.05) is 0 Å². The lowest BCUT2D eigenvalue weighted by atomic mass is 10.1. The number of benzene rings is 1. The summed E-state index contributed by atoms with van der Waals surface area (Å²) in [7, 11) is 0. The van der Waals surface area contributed by atoms with Crippen LogP contribution in [0.5, 0.6) is 0 Å². The summed E-state index contributed by atoms with van der Waals surface area (Å²) in [6.45, 7) is 3.04. The molecule has 0 bridgehead atoms. The fourth-order valence-corrected chi connectivity index (χ4v) is 2.84. The van der Waals surface area contributed by atoms with E-state index in [2.05, 4.69) is 45.7 Å². The highest BCUT2D eigenvalue weighted by atomic mass is 32.1. The molecule has 20 heavy (non-hydrogen) atoms. The Morgan fingerprint density at radius 2 is 2.10 bits per heavy atom. The number of nitrogens with one attached hydrogen (secondary N) is 1. The maximum absolute atomic E-state index is 5.34. The molecule has 0 spiro atoms. The topological polar surface area (TPSA) is 33.6 Å². The minimum absolute atomic E-state index is 0.801. The normalized spacial score (nSPS) is 11.1. The van der Waals surface area contributed by atoms with E-state index in [1.54, 1.807) is 0 Å². The van der Waals surface area contributed by atoms with Crippen molar-refractivity contribution in [2.24, 2.45) is 0 Å². The number of H-pyrrole nitrogens is 1. The number of para-hydroxylation sites is 1. The molecule has 0 fully saturated rings. The van der Waals surface area contributed by atoms with E-state index in [0.717, 1.165) is 29.7 Å². The zero-order valence-corrected chi connectivity index (χ0v) is 12.3. The maximum Gasteiger partial charge on any atom is 0.177 e. The van der Waals surface area contributed by atoms with E-state index in [4.69, 9.17) is 12.2 Å². The summed E-state index contributed by atoms with van der Waals surface area (Å²) in [6.07, 6.45) is 5.78. The van der Waals surface area contributed by atoms with Crippen LogP contribution in [-0.2, 0) is 19.4 Å². The highest BCUT2D eigenvalue weighted by molar-refractivity contribution is 7.71. The van der Waals surface area contributed by atoms with Crippen LogP contribution in [0, 0.1) is 4.77 Å². The van der Waals surface area contributed by atoms with E-state index in [9.17, 15) is 0 Å². The zero-order chi connectivity index (χ0) is 13.9. The molecule has 0 saturated heterocycles. The van der Waals surface area contributed by atoms with Gasteiger partial charge in [-0.15, -0.1) is 0 Å². The second kappa shape index (κ2) is 5.59. The van der Waals surface area contributed by atoms with Crippen LogP contribution in [0.15, 0.2) is 42.7 Å². The molecule has 0 aliphatic heterocycles. The Bertz CT molecular complexity index is 780. The van der Waals surface area contributed by atoms with E-state index in [-0.39, 0.29) is 0 Å². The molecule has 0 unspecified atom stereocenters. The second-order valence-electron chi connectivity index (χ2n) is 4.83. The van der Waals surface area contributed by atoms with Crippen LogP contribution in [-0.4, -0.2) is 14.5 Å². The molecule has 0 radical (unpaired) electrons. The lowest BCUT2D eigenvalue weighted by Crippen LogP contribution is -2.05. The summed E-state index contributed by atoms with van der Waals surface area (Å²) in [5.74, 6) is 0. The summed E-state index contributed by atoms with van der Waals surface area (Å²) in [6, 6.07) is 10.4. The maximum atomic E-state index is 5.34. The summed E-state index contributed by atoms with van der Waals surface area (Å²) >= 11 is 5.34. The largest absolute Gasteiger partial charge is 0.337 e. The Kier molecular flexibility index (Phi) is 3.65. The van der Waals surface area contributed by atoms with Crippen molar-refractivity contribution >= 4 is 23.1 Å². The number of aryl methyl sites for hydroxylation is 2. The summed E-state index contributed by atoms with van der Waals surface area (Å²) in [5, 5.41) is 1.19. The summed E-state index contributed by atoms with van der Waals surface area (Å²) in [4.78, 5) is 7.63. The monoisotopic (exact) mass is 283 g/mol. The van der Waals surface area contributed by atoms with E-state index >= 15 is 0 Å². The first-order valence-electron chi connectivity index (χ1n) is 6.89. The van der Waals surface area contributed by atoms with Gasteiger partial charge in [-0.3, -0.25) is 4.98 Å². The molecule has 2 aromatic heterocycles. The number of hydrogen-bond acceptors (Lipinski definition) is 2. The molecule has 3 nitrogen and oxygen atoms in total. The molecule has 0 saturated carbocycles. The number of nitrogens with zero attached hydrogens (tertiary/aromatic N) is 2. The molecular formula is C16H17N3S. The molecule has 0 aliphatic rings. The van der Waals surface area contributed by atoms with Crippen LogP contribution in [0.25, 0.3) is 10.9 Å². The molecule has 4 heteroatoms. The number of imidazole rings is 1. The van der Waals surface area contributed by atoms with Gasteiger partial charge in [0, 0.05) is 30.0 Å². The van der Waals surface area contributed by atoms with Gasteiger partial charge >= 0.3 is 0 Å². The van der Waals surface area contributed by atoms with Crippen molar-refractivity contribution in [3.8, 4) is 0 Å². The van der Waals surface area contributed by atoms with Crippen molar-refractivity contribution in [3.05, 3.63) is 58.8 Å². The third-order valence-corrected chi connectivity index (χ3v) is 3.98. The summed E-state index contributed by atoms with van der Waals surface area (Å²) < 4.78 is 2.98. The van der Waals surface area contributed by atoms with Crippen molar-refractivity contribution in [3.63, 3.8) is 0 Å². The molecule has 0 atom stereocenters. The predicted octanol–water partition coefficient (Wildman–Crippen LogP) is 3.90. The quantitative estimate of drug-likeness (QED) is 0.737. The Balaban J connectivity index is 1.91. The third kappa shape index (κ3) is 2.39. The predicted molar refractivity (Wildman–Crippen MR) is 84.4 cm³/mol. The van der Waals surface area contributed by atoms with Gasteiger partial charge in [-0.05, 0) is 36.7 Å². The van der Waals surface area contributed by atoms with Gasteiger partial charge in [0.25, 0.3) is 0 Å². The SMILES string of the molecule is CCc1c[nH]c(=S)n1CCc1cccc2cccnc12. The molecule has 2 heterocycles. The molecular weight excluding hydrogens is 266 g/mol. The van der Waals surface area contributed by atoms with Crippen molar-refractivity contribution in [1.82, 2.24) is 14.5 Å². The van der Waals surface area contributed by atoms with E-state index < -0.39 is 0 Å². The fraction of sp³-hybridized carbons (Fsp3) is 0.250. The lowest BCUT2D eigenvalue weighted by molar-refractivity contribution is 0.657. The molecule has 3 rings (SSSR count). The molecule has 3 aromatic rings. The third-order valence-electron chi connectivity index (χ3n) is 3.64. The van der Waals surface area contributed by atoms with Crippen LogP contribution < -0.4 is 0 Å². The molecule has 102 valence electrons. The fourth-order valence-electron chi connectivity index (χ4n) is 2.57. The summed E-state index contributed by atoms with van der Waals surface area (Å²) in [5.41, 5.74) is 3.62. The van der Waals surface area contributed by atoms with Gasteiger partial charge in [0.1, 0.15) is 0 Å². The minimum atomic E-state index is 0.801. The van der Waals surface area contributed by atoms with Crippen molar-refractivity contribution in [1.29, 1.82) is 0 Å². The van der Waals surface area contributed by atoms with Gasteiger partial charge in [-0.1, -0.05) is 31.2 Å². The first-order valence-corrected chi connectivity index (χ1v) is 7.30. The number of rotatable bonds is 4. The molecule has 1 aromatic carbocycles. The van der Waals surface area contributed by atoms with Crippen LogP contribution in [0.3, 0.4) is 0 Å².